The molecule has 0 aromatic rings. The average Bonchev–Trinajstić information content (AvgIpc) is 2.52. The Morgan fingerprint density at radius 1 is 0.789 bits per heavy atom. The van der Waals surface area contributed by atoms with E-state index in [-0.39, 0.29) is 0 Å². The summed E-state index contributed by atoms with van der Waals surface area (Å²) in [4.78, 5) is 0. The van der Waals surface area contributed by atoms with Crippen molar-refractivity contribution in [2.24, 2.45) is 0 Å². The lowest BCUT2D eigenvalue weighted by atomic mass is 10.1. The van der Waals surface area contributed by atoms with E-state index in [2.05, 4.69) is 62.3 Å². The predicted molar refractivity (Wildman–Crippen MR) is 87.8 cm³/mol. The van der Waals surface area contributed by atoms with E-state index in [0.29, 0.717) is 16.6 Å². The molecule has 0 aliphatic heterocycles. The van der Waals surface area contributed by atoms with Crippen LogP contribution >= 0.6 is 0 Å². The normalized spacial score (nSPS) is 17.5. The first-order valence-electron chi connectivity index (χ1n) is 7.70. The van der Waals surface area contributed by atoms with Gasteiger partial charge in [-0.1, -0.05) is 47.1 Å². The van der Waals surface area contributed by atoms with Crippen molar-refractivity contribution < 1.29 is 4.43 Å². The molecule has 2 heteroatoms. The summed E-state index contributed by atoms with van der Waals surface area (Å²) in [5.41, 5.74) is 6.24. The molecule has 0 fully saturated rings. The first-order chi connectivity index (χ1) is 8.64. The monoisotopic (exact) mass is 280 g/mol. The fourth-order valence-electron chi connectivity index (χ4n) is 3.71. The molecular formula is C17H32OSi. The maximum absolute atomic E-state index is 6.81. The minimum atomic E-state index is -1.78. The number of allylic oxidation sites excluding steroid dienone is 3. The maximum Gasteiger partial charge on any atom is 0.258 e. The third-order valence-corrected chi connectivity index (χ3v) is 11.1. The van der Waals surface area contributed by atoms with Gasteiger partial charge in [0.2, 0.25) is 0 Å². The van der Waals surface area contributed by atoms with E-state index in [1.54, 1.807) is 0 Å². The zero-order valence-electron chi connectivity index (χ0n) is 14.3. The van der Waals surface area contributed by atoms with Gasteiger partial charge in [0.15, 0.2) is 0 Å². The third-order valence-electron chi connectivity index (χ3n) is 5.05. The Kier molecular flexibility index (Phi) is 5.11. The van der Waals surface area contributed by atoms with Crippen LogP contribution in [0.2, 0.25) is 16.6 Å². The topological polar surface area (TPSA) is 9.23 Å². The van der Waals surface area contributed by atoms with Gasteiger partial charge in [-0.2, -0.15) is 0 Å². The molecule has 0 unspecified atom stereocenters. The average molecular weight is 281 g/mol. The zero-order chi connectivity index (χ0) is 15.0. The van der Waals surface area contributed by atoms with Crippen molar-refractivity contribution >= 4 is 8.32 Å². The molecule has 1 aliphatic rings. The Balaban J connectivity index is 3.12. The van der Waals surface area contributed by atoms with Gasteiger partial charge in [-0.3, -0.25) is 0 Å². The van der Waals surface area contributed by atoms with Crippen LogP contribution in [-0.4, -0.2) is 8.32 Å². The van der Waals surface area contributed by atoms with E-state index >= 15 is 0 Å². The van der Waals surface area contributed by atoms with E-state index in [1.165, 1.54) is 22.5 Å². The molecule has 0 aromatic heterocycles. The van der Waals surface area contributed by atoms with Gasteiger partial charge in [0.1, 0.15) is 0 Å². The second-order valence-corrected chi connectivity index (χ2v) is 12.4. The minimum Gasteiger partial charge on any atom is -0.545 e. The Morgan fingerprint density at radius 2 is 1.21 bits per heavy atom. The van der Waals surface area contributed by atoms with Crippen molar-refractivity contribution in [3.8, 4) is 0 Å². The number of hydrogen-bond donors (Lipinski definition) is 0. The molecule has 110 valence electrons. The van der Waals surface area contributed by atoms with Crippen molar-refractivity contribution in [2.45, 2.75) is 85.4 Å². The third kappa shape index (κ3) is 2.84. The number of hydrogen-bond acceptors (Lipinski definition) is 1. The fraction of sp³-hybridized carbons (Fsp3) is 0.765. The van der Waals surface area contributed by atoms with Crippen molar-refractivity contribution in [2.75, 3.05) is 0 Å². The highest BCUT2D eigenvalue weighted by atomic mass is 28.4. The summed E-state index contributed by atoms with van der Waals surface area (Å²) in [6, 6.07) is 0. The molecule has 0 atom stereocenters. The SMILES string of the molecule is CC1=C(C)C(C)=C(O[Si](C(C)C)(C(C)C)C(C)C)C1. The molecule has 0 N–H and O–H groups in total. The standard InChI is InChI=1S/C17H32OSi/c1-11(2)19(12(3)4,13(5)6)18-17-10-14(7)15(8)16(17)9/h11-13H,10H2,1-9H3. The lowest BCUT2D eigenvalue weighted by Gasteiger charge is -2.43. The summed E-state index contributed by atoms with van der Waals surface area (Å²) in [5.74, 6) is 1.26. The lowest BCUT2D eigenvalue weighted by Crippen LogP contribution is -2.47. The highest BCUT2D eigenvalue weighted by Crippen LogP contribution is 2.46. The molecule has 1 rings (SSSR count). The highest BCUT2D eigenvalue weighted by Gasteiger charge is 2.47. The van der Waals surface area contributed by atoms with E-state index < -0.39 is 8.32 Å². The summed E-state index contributed by atoms with van der Waals surface area (Å²) in [6.45, 7) is 20.8. The van der Waals surface area contributed by atoms with Gasteiger partial charge in [0.25, 0.3) is 8.32 Å². The van der Waals surface area contributed by atoms with Crippen LogP contribution in [0.1, 0.15) is 68.7 Å². The van der Waals surface area contributed by atoms with Crippen LogP contribution in [0.15, 0.2) is 22.5 Å². The summed E-state index contributed by atoms with van der Waals surface area (Å²) in [5, 5.41) is 0. The van der Waals surface area contributed by atoms with Gasteiger partial charge >= 0.3 is 0 Å². The van der Waals surface area contributed by atoms with Gasteiger partial charge in [0.05, 0.1) is 5.76 Å². The van der Waals surface area contributed by atoms with Crippen LogP contribution in [-0.2, 0) is 4.43 Å². The molecular weight excluding hydrogens is 248 g/mol. The van der Waals surface area contributed by atoms with Crippen LogP contribution in [0.4, 0.5) is 0 Å². The zero-order valence-corrected chi connectivity index (χ0v) is 15.3. The van der Waals surface area contributed by atoms with Crippen LogP contribution < -0.4 is 0 Å². The highest BCUT2D eigenvalue weighted by molar-refractivity contribution is 6.77. The minimum absolute atomic E-state index is 0.647. The summed E-state index contributed by atoms with van der Waals surface area (Å²) < 4.78 is 6.81. The van der Waals surface area contributed by atoms with Crippen molar-refractivity contribution in [3.63, 3.8) is 0 Å². The van der Waals surface area contributed by atoms with Crippen LogP contribution in [0.25, 0.3) is 0 Å². The van der Waals surface area contributed by atoms with Crippen molar-refractivity contribution in [3.05, 3.63) is 22.5 Å². The second-order valence-electron chi connectivity index (χ2n) is 7.05. The van der Waals surface area contributed by atoms with Crippen molar-refractivity contribution in [1.82, 2.24) is 0 Å². The van der Waals surface area contributed by atoms with Gasteiger partial charge < -0.3 is 4.43 Å². The molecule has 0 radical (unpaired) electrons. The lowest BCUT2D eigenvalue weighted by molar-refractivity contribution is 0.361. The van der Waals surface area contributed by atoms with Crippen LogP contribution in [0.3, 0.4) is 0 Å². The fourth-order valence-corrected chi connectivity index (χ4v) is 9.07. The Hall–Kier alpha value is -0.503. The summed E-state index contributed by atoms with van der Waals surface area (Å²) >= 11 is 0. The smallest absolute Gasteiger partial charge is 0.258 e. The van der Waals surface area contributed by atoms with E-state index in [9.17, 15) is 0 Å². The molecule has 0 saturated carbocycles. The van der Waals surface area contributed by atoms with Gasteiger partial charge in [-0.15, -0.1) is 0 Å². The molecule has 1 nitrogen and oxygen atoms in total. The molecule has 0 aromatic carbocycles. The summed E-state index contributed by atoms with van der Waals surface area (Å²) in [6.07, 6.45) is 1.03. The van der Waals surface area contributed by atoms with Crippen LogP contribution in [0, 0.1) is 0 Å². The summed E-state index contributed by atoms with van der Waals surface area (Å²) in [7, 11) is -1.78. The Labute approximate surface area is 121 Å². The molecule has 0 amide bonds. The number of rotatable bonds is 5. The quantitative estimate of drug-likeness (QED) is 0.545. The molecule has 0 heterocycles. The maximum atomic E-state index is 6.81. The Bertz CT molecular complexity index is 378. The van der Waals surface area contributed by atoms with Gasteiger partial charge in [0, 0.05) is 6.42 Å². The largest absolute Gasteiger partial charge is 0.545 e. The first-order valence-corrected chi connectivity index (χ1v) is 9.84. The van der Waals surface area contributed by atoms with Gasteiger partial charge in [-0.05, 0) is 48.5 Å². The van der Waals surface area contributed by atoms with E-state index in [0.717, 1.165) is 6.42 Å². The molecule has 0 bridgehead atoms. The van der Waals surface area contributed by atoms with E-state index in [1.807, 2.05) is 0 Å². The molecule has 19 heavy (non-hydrogen) atoms. The van der Waals surface area contributed by atoms with Gasteiger partial charge in [-0.25, -0.2) is 0 Å². The predicted octanol–water partition coefficient (Wildman–Crippen LogP) is 6.19. The van der Waals surface area contributed by atoms with Crippen molar-refractivity contribution in [1.29, 1.82) is 0 Å². The molecule has 0 spiro atoms. The molecule has 0 saturated heterocycles. The Morgan fingerprint density at radius 3 is 1.47 bits per heavy atom. The molecule has 1 aliphatic carbocycles. The van der Waals surface area contributed by atoms with E-state index in [4.69, 9.17) is 4.43 Å². The second kappa shape index (κ2) is 5.86. The van der Waals surface area contributed by atoms with Crippen LogP contribution in [0.5, 0.6) is 0 Å². The first kappa shape index (κ1) is 16.6.